The molecule has 1 aromatic rings. The molecule has 0 radical (unpaired) electrons. The Balaban J connectivity index is 2.48. The predicted octanol–water partition coefficient (Wildman–Crippen LogP) is 1.76. The monoisotopic (exact) mass is 252 g/mol. The van der Waals surface area contributed by atoms with Gasteiger partial charge in [0, 0.05) is 6.54 Å². The molecular weight excluding hydrogens is 236 g/mol. The molecule has 4 nitrogen and oxygen atoms in total. The van der Waals surface area contributed by atoms with Gasteiger partial charge in [0.1, 0.15) is 10.9 Å². The van der Waals surface area contributed by atoms with E-state index in [-0.39, 0.29) is 12.5 Å². The van der Waals surface area contributed by atoms with E-state index >= 15 is 0 Å². The van der Waals surface area contributed by atoms with Crippen LogP contribution >= 0.6 is 11.3 Å². The van der Waals surface area contributed by atoms with Gasteiger partial charge in [0.2, 0.25) is 0 Å². The lowest BCUT2D eigenvalue weighted by Gasteiger charge is -2.13. The summed E-state index contributed by atoms with van der Waals surface area (Å²) < 4.78 is 0. The molecule has 0 aliphatic carbocycles. The second kappa shape index (κ2) is 6.38. The molecule has 1 heterocycles. The van der Waals surface area contributed by atoms with Crippen molar-refractivity contribution in [2.24, 2.45) is 5.92 Å². The van der Waals surface area contributed by atoms with Crippen LogP contribution in [0.3, 0.4) is 0 Å². The van der Waals surface area contributed by atoms with Crippen molar-refractivity contribution >= 4 is 17.2 Å². The standard InChI is InChI=1S/C12H16N2O2S/c1-8(2)5-10(15)7-14-12(16)11-9(6-13)3-4-17-11/h3-4,8,10,15H,5,7H2,1-2H3,(H,14,16). The SMILES string of the molecule is CC(C)CC(O)CNC(=O)c1sccc1C#N. The maximum Gasteiger partial charge on any atom is 0.262 e. The minimum absolute atomic E-state index is 0.222. The van der Waals surface area contributed by atoms with Crippen molar-refractivity contribution in [2.45, 2.75) is 26.4 Å². The Labute approximate surface area is 105 Å². The van der Waals surface area contributed by atoms with Crippen molar-refractivity contribution in [1.29, 1.82) is 5.26 Å². The van der Waals surface area contributed by atoms with Gasteiger partial charge < -0.3 is 10.4 Å². The summed E-state index contributed by atoms with van der Waals surface area (Å²) in [7, 11) is 0. The molecule has 0 saturated heterocycles. The van der Waals surface area contributed by atoms with Crippen LogP contribution in [0, 0.1) is 17.2 Å². The molecule has 0 aromatic carbocycles. The first-order valence-electron chi connectivity index (χ1n) is 5.48. The molecule has 2 N–H and O–H groups in total. The average molecular weight is 252 g/mol. The number of aliphatic hydroxyl groups excluding tert-OH is 1. The maximum absolute atomic E-state index is 11.7. The predicted molar refractivity (Wildman–Crippen MR) is 66.8 cm³/mol. The largest absolute Gasteiger partial charge is 0.391 e. The van der Waals surface area contributed by atoms with Crippen LogP contribution in [0.1, 0.15) is 35.5 Å². The fraction of sp³-hybridized carbons (Fsp3) is 0.500. The fourth-order valence-electron chi connectivity index (χ4n) is 1.49. The minimum Gasteiger partial charge on any atom is -0.391 e. The second-order valence-electron chi connectivity index (χ2n) is 4.27. The summed E-state index contributed by atoms with van der Waals surface area (Å²) in [6.07, 6.45) is 0.111. The highest BCUT2D eigenvalue weighted by atomic mass is 32.1. The molecule has 0 fully saturated rings. The zero-order valence-corrected chi connectivity index (χ0v) is 10.8. The number of nitriles is 1. The van der Waals surface area contributed by atoms with Crippen LogP contribution in [0.15, 0.2) is 11.4 Å². The van der Waals surface area contributed by atoms with Crippen molar-refractivity contribution in [2.75, 3.05) is 6.54 Å². The zero-order valence-electron chi connectivity index (χ0n) is 9.93. The van der Waals surface area contributed by atoms with E-state index in [0.29, 0.717) is 22.8 Å². The molecule has 1 rings (SSSR count). The van der Waals surface area contributed by atoms with Crippen LogP contribution in [0.2, 0.25) is 0 Å². The number of aliphatic hydroxyl groups is 1. The topological polar surface area (TPSA) is 73.1 Å². The maximum atomic E-state index is 11.7. The van der Waals surface area contributed by atoms with Crippen LogP contribution in [-0.2, 0) is 0 Å². The van der Waals surface area contributed by atoms with Crippen molar-refractivity contribution < 1.29 is 9.90 Å². The van der Waals surface area contributed by atoms with Crippen molar-refractivity contribution in [1.82, 2.24) is 5.32 Å². The summed E-state index contributed by atoms with van der Waals surface area (Å²) in [5.74, 6) is 0.0951. The Bertz CT molecular complexity index is 420. The molecule has 1 amide bonds. The Morgan fingerprint density at radius 2 is 2.35 bits per heavy atom. The van der Waals surface area contributed by atoms with Crippen LogP contribution < -0.4 is 5.32 Å². The summed E-state index contributed by atoms with van der Waals surface area (Å²) in [4.78, 5) is 12.1. The van der Waals surface area contributed by atoms with Gasteiger partial charge in [-0.15, -0.1) is 11.3 Å². The zero-order chi connectivity index (χ0) is 12.8. The van der Waals surface area contributed by atoms with Crippen molar-refractivity contribution in [3.8, 4) is 6.07 Å². The van der Waals surface area contributed by atoms with Gasteiger partial charge in [-0.1, -0.05) is 13.8 Å². The summed E-state index contributed by atoms with van der Waals surface area (Å²) in [5, 5.41) is 22.7. The van der Waals surface area contributed by atoms with Crippen LogP contribution in [0.5, 0.6) is 0 Å². The number of nitrogens with one attached hydrogen (secondary N) is 1. The molecule has 0 spiro atoms. The van der Waals surface area contributed by atoms with E-state index < -0.39 is 6.10 Å². The Morgan fingerprint density at radius 1 is 1.65 bits per heavy atom. The van der Waals surface area contributed by atoms with Gasteiger partial charge in [0.25, 0.3) is 5.91 Å². The fourth-order valence-corrected chi connectivity index (χ4v) is 2.25. The second-order valence-corrected chi connectivity index (χ2v) is 5.18. The highest BCUT2D eigenvalue weighted by Gasteiger charge is 2.14. The number of thiophene rings is 1. The molecule has 1 unspecified atom stereocenters. The van der Waals surface area contributed by atoms with Gasteiger partial charge in [0.05, 0.1) is 11.7 Å². The van der Waals surface area contributed by atoms with E-state index in [4.69, 9.17) is 5.26 Å². The van der Waals surface area contributed by atoms with E-state index in [1.54, 1.807) is 11.4 Å². The van der Waals surface area contributed by atoms with Gasteiger partial charge in [-0.3, -0.25) is 4.79 Å². The van der Waals surface area contributed by atoms with Gasteiger partial charge in [-0.25, -0.2) is 0 Å². The normalized spacial score (nSPS) is 12.2. The summed E-state index contributed by atoms with van der Waals surface area (Å²) >= 11 is 1.23. The lowest BCUT2D eigenvalue weighted by molar-refractivity contribution is 0.0904. The van der Waals surface area contributed by atoms with E-state index in [1.165, 1.54) is 11.3 Å². The number of nitrogens with zero attached hydrogens (tertiary/aromatic N) is 1. The van der Waals surface area contributed by atoms with Gasteiger partial charge >= 0.3 is 0 Å². The quantitative estimate of drug-likeness (QED) is 0.838. The third kappa shape index (κ3) is 4.17. The van der Waals surface area contributed by atoms with E-state index in [2.05, 4.69) is 5.32 Å². The Kier molecular flexibility index (Phi) is 5.13. The molecule has 17 heavy (non-hydrogen) atoms. The number of hydrogen-bond acceptors (Lipinski definition) is 4. The lowest BCUT2D eigenvalue weighted by atomic mass is 10.1. The van der Waals surface area contributed by atoms with Crippen LogP contribution in [0.25, 0.3) is 0 Å². The molecule has 1 atom stereocenters. The van der Waals surface area contributed by atoms with Crippen molar-refractivity contribution in [3.63, 3.8) is 0 Å². The lowest BCUT2D eigenvalue weighted by Crippen LogP contribution is -2.32. The highest BCUT2D eigenvalue weighted by molar-refractivity contribution is 7.12. The van der Waals surface area contributed by atoms with Gasteiger partial charge in [0.15, 0.2) is 0 Å². The summed E-state index contributed by atoms with van der Waals surface area (Å²) in [6.45, 7) is 4.25. The van der Waals surface area contributed by atoms with E-state index in [1.807, 2.05) is 19.9 Å². The molecule has 0 aliphatic heterocycles. The van der Waals surface area contributed by atoms with Crippen LogP contribution in [-0.4, -0.2) is 23.7 Å². The van der Waals surface area contributed by atoms with Crippen molar-refractivity contribution in [3.05, 3.63) is 21.9 Å². The van der Waals surface area contributed by atoms with Gasteiger partial charge in [-0.2, -0.15) is 5.26 Å². The molecular formula is C12H16N2O2S. The number of hydrogen-bond donors (Lipinski definition) is 2. The summed E-state index contributed by atoms with van der Waals surface area (Å²) in [5.41, 5.74) is 0.380. The first-order valence-corrected chi connectivity index (χ1v) is 6.36. The molecule has 0 bridgehead atoms. The first kappa shape index (κ1) is 13.7. The molecule has 92 valence electrons. The minimum atomic E-state index is -0.538. The summed E-state index contributed by atoms with van der Waals surface area (Å²) in [6, 6.07) is 3.58. The Hall–Kier alpha value is -1.38. The number of rotatable bonds is 5. The molecule has 0 saturated carbocycles. The van der Waals surface area contributed by atoms with E-state index in [9.17, 15) is 9.90 Å². The van der Waals surface area contributed by atoms with Gasteiger partial charge in [-0.05, 0) is 23.8 Å². The number of carbonyl (C=O) groups is 1. The number of amides is 1. The molecule has 1 aromatic heterocycles. The third-order valence-electron chi connectivity index (χ3n) is 2.23. The number of carbonyl (C=O) groups excluding carboxylic acids is 1. The Morgan fingerprint density at radius 3 is 2.94 bits per heavy atom. The van der Waals surface area contributed by atoms with Crippen LogP contribution in [0.4, 0.5) is 0 Å². The smallest absolute Gasteiger partial charge is 0.262 e. The molecule has 5 heteroatoms. The highest BCUT2D eigenvalue weighted by Crippen LogP contribution is 2.15. The molecule has 0 aliphatic rings. The first-order chi connectivity index (χ1) is 8.04. The average Bonchev–Trinajstić information content (AvgIpc) is 2.72. The third-order valence-corrected chi connectivity index (χ3v) is 3.15. The van der Waals surface area contributed by atoms with E-state index in [0.717, 1.165) is 0 Å².